The van der Waals surface area contributed by atoms with E-state index in [1.165, 1.54) is 16.7 Å². The van der Waals surface area contributed by atoms with Crippen molar-refractivity contribution in [2.75, 3.05) is 24.2 Å². The summed E-state index contributed by atoms with van der Waals surface area (Å²) >= 11 is 0. The summed E-state index contributed by atoms with van der Waals surface area (Å²) in [6.45, 7) is 5.22. The Morgan fingerprint density at radius 2 is 1.65 bits per heavy atom. The van der Waals surface area contributed by atoms with Gasteiger partial charge in [-0.3, -0.25) is 0 Å². The number of benzene rings is 2. The Hall–Kier alpha value is -1.96. The van der Waals surface area contributed by atoms with Crippen molar-refractivity contribution in [2.45, 2.75) is 26.7 Å². The van der Waals surface area contributed by atoms with Crippen molar-refractivity contribution in [3.05, 3.63) is 59.2 Å². The van der Waals surface area contributed by atoms with E-state index < -0.39 is 0 Å². The fourth-order valence-electron chi connectivity index (χ4n) is 2.38. The first-order valence-corrected chi connectivity index (χ1v) is 7.25. The quantitative estimate of drug-likeness (QED) is 0.835. The summed E-state index contributed by atoms with van der Waals surface area (Å²) in [7, 11) is 2.10. The van der Waals surface area contributed by atoms with Crippen molar-refractivity contribution < 1.29 is 0 Å². The zero-order valence-corrected chi connectivity index (χ0v) is 12.7. The second kappa shape index (κ2) is 6.47. The number of nitrogens with two attached hydrogens (primary N) is 1. The lowest BCUT2D eigenvalue weighted by atomic mass is 10.1. The molecule has 0 amide bonds. The maximum Gasteiger partial charge on any atom is 0.0597 e. The molecule has 0 spiro atoms. The lowest BCUT2D eigenvalue weighted by Gasteiger charge is -2.21. The SMILES string of the molecule is CCc1ccc(CCN(C)c2ccc(C)cc2N)cc1. The van der Waals surface area contributed by atoms with Gasteiger partial charge in [0.25, 0.3) is 0 Å². The zero-order chi connectivity index (χ0) is 14.5. The molecule has 106 valence electrons. The molecule has 2 aromatic carbocycles. The molecule has 0 bridgehead atoms. The van der Waals surface area contributed by atoms with Gasteiger partial charge in [-0.05, 0) is 48.6 Å². The van der Waals surface area contributed by atoms with E-state index in [0.717, 1.165) is 30.8 Å². The van der Waals surface area contributed by atoms with E-state index in [4.69, 9.17) is 5.73 Å². The second-order valence-corrected chi connectivity index (χ2v) is 5.40. The summed E-state index contributed by atoms with van der Waals surface area (Å²) in [6, 6.07) is 15.1. The molecule has 0 saturated heterocycles. The highest BCUT2D eigenvalue weighted by Crippen LogP contribution is 2.23. The molecule has 0 aromatic heterocycles. The maximum absolute atomic E-state index is 6.09. The third kappa shape index (κ3) is 3.53. The predicted octanol–water partition coefficient (Wildman–Crippen LogP) is 3.82. The van der Waals surface area contributed by atoms with Crippen LogP contribution in [0.4, 0.5) is 11.4 Å². The molecule has 20 heavy (non-hydrogen) atoms. The van der Waals surface area contributed by atoms with Crippen molar-refractivity contribution in [1.82, 2.24) is 0 Å². The number of hydrogen-bond acceptors (Lipinski definition) is 2. The van der Waals surface area contributed by atoms with Crippen LogP contribution >= 0.6 is 0 Å². The van der Waals surface area contributed by atoms with Gasteiger partial charge in [0.15, 0.2) is 0 Å². The van der Waals surface area contributed by atoms with Gasteiger partial charge in [-0.25, -0.2) is 0 Å². The minimum atomic E-state index is 0.855. The number of aryl methyl sites for hydroxylation is 2. The minimum Gasteiger partial charge on any atom is -0.397 e. The summed E-state index contributed by atoms with van der Waals surface area (Å²) in [6.07, 6.45) is 2.13. The summed E-state index contributed by atoms with van der Waals surface area (Å²) < 4.78 is 0. The molecule has 0 saturated carbocycles. The summed E-state index contributed by atoms with van der Waals surface area (Å²) in [5.41, 5.74) is 12.0. The van der Waals surface area contributed by atoms with Gasteiger partial charge in [0.2, 0.25) is 0 Å². The standard InChI is InChI=1S/C18H24N2/c1-4-15-6-8-16(9-7-15)11-12-20(3)18-10-5-14(2)13-17(18)19/h5-10,13H,4,11-12,19H2,1-3H3. The van der Waals surface area contributed by atoms with Crippen molar-refractivity contribution in [1.29, 1.82) is 0 Å². The van der Waals surface area contributed by atoms with E-state index in [-0.39, 0.29) is 0 Å². The molecule has 2 nitrogen and oxygen atoms in total. The Labute approximate surface area is 122 Å². The van der Waals surface area contributed by atoms with Crippen LogP contribution < -0.4 is 10.6 Å². The first-order valence-electron chi connectivity index (χ1n) is 7.25. The van der Waals surface area contributed by atoms with Crippen LogP contribution in [0.25, 0.3) is 0 Å². The number of anilines is 2. The summed E-state index contributed by atoms with van der Waals surface area (Å²) in [5.74, 6) is 0. The van der Waals surface area contributed by atoms with Crippen LogP contribution in [-0.2, 0) is 12.8 Å². The zero-order valence-electron chi connectivity index (χ0n) is 12.7. The molecule has 0 atom stereocenters. The molecule has 2 aromatic rings. The normalized spacial score (nSPS) is 10.6. The highest BCUT2D eigenvalue weighted by Gasteiger charge is 2.05. The first kappa shape index (κ1) is 14.4. The van der Waals surface area contributed by atoms with Crippen molar-refractivity contribution in [2.24, 2.45) is 0 Å². The van der Waals surface area contributed by atoms with E-state index in [9.17, 15) is 0 Å². The third-order valence-electron chi connectivity index (χ3n) is 3.76. The Morgan fingerprint density at radius 1 is 1.00 bits per heavy atom. The van der Waals surface area contributed by atoms with Gasteiger partial charge in [0, 0.05) is 13.6 Å². The molecule has 2 rings (SSSR count). The number of nitrogen functional groups attached to an aromatic ring is 1. The second-order valence-electron chi connectivity index (χ2n) is 5.40. The molecule has 0 unspecified atom stereocenters. The third-order valence-corrected chi connectivity index (χ3v) is 3.76. The Bertz CT molecular complexity index is 558. The molecular weight excluding hydrogens is 244 g/mol. The van der Waals surface area contributed by atoms with Gasteiger partial charge >= 0.3 is 0 Å². The van der Waals surface area contributed by atoms with E-state index in [0.29, 0.717) is 0 Å². The lowest BCUT2D eigenvalue weighted by molar-refractivity contribution is 0.877. The molecule has 2 N–H and O–H groups in total. The Balaban J connectivity index is 1.98. The van der Waals surface area contributed by atoms with Gasteiger partial charge in [-0.15, -0.1) is 0 Å². The van der Waals surface area contributed by atoms with Crippen LogP contribution in [0.2, 0.25) is 0 Å². The number of rotatable bonds is 5. The molecule has 0 aliphatic rings. The van der Waals surface area contributed by atoms with Crippen LogP contribution in [0, 0.1) is 6.92 Å². The first-order chi connectivity index (χ1) is 9.60. The van der Waals surface area contributed by atoms with Crippen LogP contribution in [0.5, 0.6) is 0 Å². The highest BCUT2D eigenvalue weighted by atomic mass is 15.1. The number of likely N-dealkylation sites (N-methyl/N-ethyl adjacent to an activating group) is 1. The van der Waals surface area contributed by atoms with Gasteiger partial charge in [-0.1, -0.05) is 37.3 Å². The van der Waals surface area contributed by atoms with Crippen LogP contribution in [0.1, 0.15) is 23.6 Å². The summed E-state index contributed by atoms with van der Waals surface area (Å²) in [5, 5.41) is 0. The molecule has 0 aliphatic carbocycles. The van der Waals surface area contributed by atoms with Crippen LogP contribution in [0.3, 0.4) is 0 Å². The fraction of sp³-hybridized carbons (Fsp3) is 0.333. The van der Waals surface area contributed by atoms with Gasteiger partial charge in [-0.2, -0.15) is 0 Å². The average molecular weight is 268 g/mol. The number of hydrogen-bond donors (Lipinski definition) is 1. The molecule has 0 fully saturated rings. The van der Waals surface area contributed by atoms with Gasteiger partial charge in [0.05, 0.1) is 11.4 Å². The topological polar surface area (TPSA) is 29.3 Å². The van der Waals surface area contributed by atoms with Gasteiger partial charge < -0.3 is 10.6 Å². The smallest absolute Gasteiger partial charge is 0.0597 e. The predicted molar refractivity (Wildman–Crippen MR) is 88.4 cm³/mol. The Kier molecular flexibility index (Phi) is 4.67. The van der Waals surface area contributed by atoms with Crippen LogP contribution in [-0.4, -0.2) is 13.6 Å². The molecular formula is C18H24N2. The van der Waals surface area contributed by atoms with Gasteiger partial charge in [0.1, 0.15) is 0 Å². The van der Waals surface area contributed by atoms with E-state index in [1.54, 1.807) is 0 Å². The summed E-state index contributed by atoms with van der Waals surface area (Å²) in [4.78, 5) is 2.22. The van der Waals surface area contributed by atoms with Crippen LogP contribution in [0.15, 0.2) is 42.5 Å². The largest absolute Gasteiger partial charge is 0.397 e. The lowest BCUT2D eigenvalue weighted by Crippen LogP contribution is -2.21. The van der Waals surface area contributed by atoms with Crippen molar-refractivity contribution in [3.8, 4) is 0 Å². The van der Waals surface area contributed by atoms with E-state index in [2.05, 4.69) is 62.2 Å². The molecule has 0 radical (unpaired) electrons. The number of nitrogens with zero attached hydrogens (tertiary/aromatic N) is 1. The fourth-order valence-corrected chi connectivity index (χ4v) is 2.38. The van der Waals surface area contributed by atoms with Crippen molar-refractivity contribution >= 4 is 11.4 Å². The highest BCUT2D eigenvalue weighted by molar-refractivity contribution is 5.68. The van der Waals surface area contributed by atoms with Crippen molar-refractivity contribution in [3.63, 3.8) is 0 Å². The minimum absolute atomic E-state index is 0.855. The average Bonchev–Trinajstić information content (AvgIpc) is 2.45. The Morgan fingerprint density at radius 3 is 2.25 bits per heavy atom. The van der Waals surface area contributed by atoms with E-state index >= 15 is 0 Å². The molecule has 0 heterocycles. The molecule has 2 heteroatoms. The molecule has 0 aliphatic heterocycles. The maximum atomic E-state index is 6.09. The van der Waals surface area contributed by atoms with E-state index in [1.807, 2.05) is 6.07 Å². The monoisotopic (exact) mass is 268 g/mol.